The van der Waals surface area contributed by atoms with E-state index in [1.165, 1.54) is 20.8 Å². The normalized spacial score (nSPS) is 40.4. The highest BCUT2D eigenvalue weighted by atomic mass is 16.8. The van der Waals surface area contributed by atoms with Crippen molar-refractivity contribution in [3.05, 3.63) is 0 Å². The zero-order valence-electron chi connectivity index (χ0n) is 19.6. The molecule has 2 fully saturated rings. The van der Waals surface area contributed by atoms with Crippen molar-refractivity contribution < 1.29 is 63.9 Å². The van der Waals surface area contributed by atoms with Crippen LogP contribution in [-0.4, -0.2) is 116 Å². The molecule has 0 aromatic rings. The predicted molar refractivity (Wildman–Crippen MR) is 111 cm³/mol. The second-order valence-electron chi connectivity index (χ2n) is 8.74. The van der Waals surface area contributed by atoms with E-state index >= 15 is 0 Å². The zero-order valence-corrected chi connectivity index (χ0v) is 19.6. The average Bonchev–Trinajstić information content (AvgIpc) is 2.75. The maximum Gasteiger partial charge on any atom is 0.308 e. The molecule has 2 heterocycles. The van der Waals surface area contributed by atoms with Gasteiger partial charge in [-0.2, -0.15) is 0 Å². The number of carboxylic acid groups (broad SMARTS) is 1. The first-order valence-electron chi connectivity index (χ1n) is 11.3. The second-order valence-corrected chi connectivity index (χ2v) is 8.74. The summed E-state index contributed by atoms with van der Waals surface area (Å²) in [5.41, 5.74) is 0. The standard InChI is InChI=1S/C21H36O13/c1-5-11(7-13(24)30-8(2)6-12(22)23)33-21-19(17(28)15(26)10(4)32-21)34-20-18(29)16(27)14(25)9(3)31-20/h8-11,14-21,25-29H,5-7H2,1-4H3,(H,22,23)/t8?,9?,10?,11?,14-,15-,16?,17?,18?,19?,20-,21-/m0/s1. The van der Waals surface area contributed by atoms with Crippen LogP contribution in [0.1, 0.15) is 47.0 Å². The summed E-state index contributed by atoms with van der Waals surface area (Å²) in [6.45, 7) is 6.12. The largest absolute Gasteiger partial charge is 0.481 e. The highest BCUT2D eigenvalue weighted by molar-refractivity contribution is 5.71. The molecule has 0 saturated carbocycles. The zero-order chi connectivity index (χ0) is 25.7. The van der Waals surface area contributed by atoms with Gasteiger partial charge in [-0.05, 0) is 27.2 Å². The fraction of sp³-hybridized carbons (Fsp3) is 0.905. The molecule has 0 bridgehead atoms. The van der Waals surface area contributed by atoms with Gasteiger partial charge in [0.25, 0.3) is 0 Å². The van der Waals surface area contributed by atoms with Gasteiger partial charge in [-0.15, -0.1) is 0 Å². The molecule has 2 aliphatic heterocycles. The Morgan fingerprint density at radius 3 is 1.97 bits per heavy atom. The van der Waals surface area contributed by atoms with Crippen molar-refractivity contribution in [1.29, 1.82) is 0 Å². The quantitative estimate of drug-likeness (QED) is 0.186. The summed E-state index contributed by atoms with van der Waals surface area (Å²) in [5.74, 6) is -1.81. The van der Waals surface area contributed by atoms with E-state index in [0.717, 1.165) is 0 Å². The van der Waals surface area contributed by atoms with E-state index in [0.29, 0.717) is 6.42 Å². The number of aliphatic carboxylic acids is 1. The summed E-state index contributed by atoms with van der Waals surface area (Å²) in [4.78, 5) is 23.0. The van der Waals surface area contributed by atoms with Crippen molar-refractivity contribution in [1.82, 2.24) is 0 Å². The molecular formula is C21H36O13. The highest BCUT2D eigenvalue weighted by Gasteiger charge is 2.50. The lowest BCUT2D eigenvalue weighted by Crippen LogP contribution is -2.63. The molecule has 2 aliphatic rings. The Morgan fingerprint density at radius 2 is 1.41 bits per heavy atom. The van der Waals surface area contributed by atoms with Crippen LogP contribution in [-0.2, 0) is 33.3 Å². The monoisotopic (exact) mass is 496 g/mol. The minimum Gasteiger partial charge on any atom is -0.481 e. The lowest BCUT2D eigenvalue weighted by molar-refractivity contribution is -0.366. The average molecular weight is 497 g/mol. The van der Waals surface area contributed by atoms with Crippen molar-refractivity contribution in [2.45, 2.75) is 121 Å². The summed E-state index contributed by atoms with van der Waals surface area (Å²) < 4.78 is 27.6. The van der Waals surface area contributed by atoms with Crippen molar-refractivity contribution >= 4 is 11.9 Å². The number of carbonyl (C=O) groups excluding carboxylic acids is 1. The third-order valence-electron chi connectivity index (χ3n) is 5.86. The molecule has 8 unspecified atom stereocenters. The maximum absolute atomic E-state index is 12.2. The van der Waals surface area contributed by atoms with Crippen LogP contribution in [0.25, 0.3) is 0 Å². The van der Waals surface area contributed by atoms with E-state index in [9.17, 15) is 35.1 Å². The smallest absolute Gasteiger partial charge is 0.308 e. The Kier molecular flexibility index (Phi) is 10.6. The number of hydrogen-bond acceptors (Lipinski definition) is 12. The molecule has 12 atom stereocenters. The Bertz CT molecular complexity index is 675. The second kappa shape index (κ2) is 12.5. The molecule has 2 saturated heterocycles. The molecule has 0 aliphatic carbocycles. The number of aliphatic hydroxyl groups excluding tert-OH is 5. The molecule has 6 N–H and O–H groups in total. The Morgan fingerprint density at radius 1 is 0.853 bits per heavy atom. The van der Waals surface area contributed by atoms with Crippen LogP contribution >= 0.6 is 0 Å². The molecule has 34 heavy (non-hydrogen) atoms. The number of carbonyl (C=O) groups is 2. The number of esters is 1. The first-order chi connectivity index (χ1) is 15.8. The van der Waals surface area contributed by atoms with Gasteiger partial charge in [-0.3, -0.25) is 9.59 Å². The molecule has 13 nitrogen and oxygen atoms in total. The molecule has 2 rings (SSSR count). The third-order valence-corrected chi connectivity index (χ3v) is 5.86. The number of aliphatic hydroxyl groups is 5. The predicted octanol–water partition coefficient (Wildman–Crippen LogP) is -1.74. The van der Waals surface area contributed by atoms with Crippen LogP contribution in [0.3, 0.4) is 0 Å². The van der Waals surface area contributed by atoms with Crippen molar-refractivity contribution in [2.75, 3.05) is 0 Å². The number of ether oxygens (including phenoxy) is 5. The summed E-state index contributed by atoms with van der Waals surface area (Å²) in [6.07, 6.45) is -15.4. The molecular weight excluding hydrogens is 460 g/mol. The van der Waals surface area contributed by atoms with E-state index in [2.05, 4.69) is 0 Å². The molecule has 0 aromatic carbocycles. The molecule has 198 valence electrons. The van der Waals surface area contributed by atoms with Crippen molar-refractivity contribution in [3.8, 4) is 0 Å². The first kappa shape index (κ1) is 28.8. The van der Waals surface area contributed by atoms with Crippen molar-refractivity contribution in [3.63, 3.8) is 0 Å². The van der Waals surface area contributed by atoms with Gasteiger partial charge < -0.3 is 54.3 Å². The maximum atomic E-state index is 12.2. The van der Waals surface area contributed by atoms with Gasteiger partial charge >= 0.3 is 11.9 Å². The van der Waals surface area contributed by atoms with Gasteiger partial charge in [0.1, 0.15) is 42.7 Å². The van der Waals surface area contributed by atoms with E-state index in [-0.39, 0.29) is 12.8 Å². The van der Waals surface area contributed by atoms with E-state index in [4.69, 9.17) is 28.8 Å². The molecule has 0 aromatic heterocycles. The number of hydrogen-bond donors (Lipinski definition) is 6. The Balaban J connectivity index is 2.10. The minimum absolute atomic E-state index is 0.245. The summed E-state index contributed by atoms with van der Waals surface area (Å²) >= 11 is 0. The van der Waals surface area contributed by atoms with E-state index in [1.807, 2.05) is 0 Å². The van der Waals surface area contributed by atoms with E-state index in [1.54, 1.807) is 6.92 Å². The van der Waals surface area contributed by atoms with Crippen LogP contribution < -0.4 is 0 Å². The van der Waals surface area contributed by atoms with Crippen LogP contribution in [0.2, 0.25) is 0 Å². The Labute approximate surface area is 197 Å². The lowest BCUT2D eigenvalue weighted by atomic mass is 9.98. The van der Waals surface area contributed by atoms with Crippen LogP contribution in [0.4, 0.5) is 0 Å². The fourth-order valence-electron chi connectivity index (χ4n) is 3.76. The lowest BCUT2D eigenvalue weighted by Gasteiger charge is -2.46. The highest BCUT2D eigenvalue weighted by Crippen LogP contribution is 2.30. The van der Waals surface area contributed by atoms with Crippen LogP contribution in [0, 0.1) is 0 Å². The number of carboxylic acids is 1. The summed E-state index contributed by atoms with van der Waals surface area (Å²) in [5, 5.41) is 59.8. The van der Waals surface area contributed by atoms with Crippen molar-refractivity contribution in [2.24, 2.45) is 0 Å². The summed E-state index contributed by atoms with van der Waals surface area (Å²) in [6, 6.07) is 0. The van der Waals surface area contributed by atoms with Gasteiger partial charge in [-0.25, -0.2) is 0 Å². The van der Waals surface area contributed by atoms with Gasteiger partial charge in [-0.1, -0.05) is 6.92 Å². The topological polar surface area (TPSA) is 202 Å². The van der Waals surface area contributed by atoms with Crippen LogP contribution in [0.5, 0.6) is 0 Å². The molecule has 0 amide bonds. The molecule has 13 heteroatoms. The van der Waals surface area contributed by atoms with E-state index < -0.39 is 85.6 Å². The summed E-state index contributed by atoms with van der Waals surface area (Å²) in [7, 11) is 0. The molecule has 0 radical (unpaired) electrons. The SMILES string of the molecule is CCC(CC(=O)OC(C)CC(=O)O)O[C@@H]1OC(C)[C@H](O)C(O)C1O[C@@H]1OC(C)[C@H](O)C(O)C1O. The minimum atomic E-state index is -1.66. The van der Waals surface area contributed by atoms with Gasteiger partial charge in [0.2, 0.25) is 0 Å². The first-order valence-corrected chi connectivity index (χ1v) is 11.3. The van der Waals surface area contributed by atoms with Crippen LogP contribution in [0.15, 0.2) is 0 Å². The van der Waals surface area contributed by atoms with Gasteiger partial charge in [0.15, 0.2) is 12.6 Å². The van der Waals surface area contributed by atoms with Gasteiger partial charge in [0.05, 0.1) is 31.2 Å². The fourth-order valence-corrected chi connectivity index (χ4v) is 3.76. The number of rotatable bonds is 10. The third kappa shape index (κ3) is 7.29. The molecule has 0 spiro atoms. The Hall–Kier alpha value is -1.42. The van der Waals surface area contributed by atoms with Gasteiger partial charge in [0, 0.05) is 0 Å².